The number of aromatic nitrogens is 1. The predicted molar refractivity (Wildman–Crippen MR) is 150 cm³/mol. The highest BCUT2D eigenvalue weighted by Gasteiger charge is 2.55. The van der Waals surface area contributed by atoms with Gasteiger partial charge in [-0.15, -0.1) is 11.8 Å². The summed E-state index contributed by atoms with van der Waals surface area (Å²) in [5.41, 5.74) is 7.38. The number of carbonyl (C=O) groups is 1. The fraction of sp³-hybridized carbons (Fsp3) is 0.346. The second-order valence-electron chi connectivity index (χ2n) is 9.64. The molecule has 0 spiro atoms. The molecule has 3 N–H and O–H groups in total. The summed E-state index contributed by atoms with van der Waals surface area (Å²) in [4.78, 5) is 27.0. The van der Waals surface area contributed by atoms with Gasteiger partial charge in [-0.05, 0) is 79.1 Å². The van der Waals surface area contributed by atoms with E-state index in [0.717, 1.165) is 15.6 Å². The van der Waals surface area contributed by atoms with E-state index in [1.165, 1.54) is 36.2 Å². The zero-order chi connectivity index (χ0) is 24.8. The first-order valence-corrected chi connectivity index (χ1v) is 14.5. The number of rotatable bonds is 4. The molecule has 2 saturated carbocycles. The van der Waals surface area contributed by atoms with Gasteiger partial charge in [0, 0.05) is 26.8 Å². The standard InChI is InChI=1S/C26H25ClN4O2S3/c27-17-10-8-14(9-11-17)20-21-15-6-7-16(12-15)22(21)35-24-23(20)36-26(33)31(24)13-19(32)29-30-25(34)28-18-4-2-1-3-5-18/h1-5,8-11,15-16,20-22H,6-7,12-13H2,(H,29,32)(H2,28,30,34)/t15-,16+,20-,21+,22+/m1/s1. The number of thiazole rings is 1. The number of para-hydroxylation sites is 1. The van der Waals surface area contributed by atoms with Crippen LogP contribution in [0.4, 0.5) is 5.69 Å². The molecule has 186 valence electrons. The Kier molecular flexibility index (Phi) is 6.58. The Morgan fingerprint density at radius 1 is 1.06 bits per heavy atom. The first-order valence-electron chi connectivity index (χ1n) is 12.0. The Bertz CT molecular complexity index is 1360. The number of amides is 1. The second kappa shape index (κ2) is 9.85. The highest BCUT2D eigenvalue weighted by molar-refractivity contribution is 8.00. The molecule has 1 aromatic heterocycles. The summed E-state index contributed by atoms with van der Waals surface area (Å²) in [6.45, 7) is -0.0581. The van der Waals surface area contributed by atoms with Crippen molar-refractivity contribution in [1.29, 1.82) is 0 Å². The minimum atomic E-state index is -0.325. The van der Waals surface area contributed by atoms with E-state index in [1.54, 1.807) is 4.57 Å². The third-order valence-electron chi connectivity index (χ3n) is 7.57. The largest absolute Gasteiger partial charge is 0.331 e. The lowest BCUT2D eigenvalue weighted by molar-refractivity contribution is -0.122. The molecule has 6 nitrogen and oxygen atoms in total. The van der Waals surface area contributed by atoms with Gasteiger partial charge in [-0.2, -0.15) is 0 Å². The van der Waals surface area contributed by atoms with Crippen molar-refractivity contribution in [2.45, 2.75) is 42.0 Å². The van der Waals surface area contributed by atoms with Crippen molar-refractivity contribution in [2.75, 3.05) is 5.32 Å². The molecule has 2 bridgehead atoms. The summed E-state index contributed by atoms with van der Waals surface area (Å²) < 4.78 is 1.64. The third kappa shape index (κ3) is 4.47. The average molecular weight is 557 g/mol. The van der Waals surface area contributed by atoms with E-state index in [4.69, 9.17) is 23.8 Å². The molecule has 0 unspecified atom stereocenters. The van der Waals surface area contributed by atoms with Crippen molar-refractivity contribution in [3.8, 4) is 0 Å². The van der Waals surface area contributed by atoms with Crippen molar-refractivity contribution >= 4 is 63.6 Å². The number of nitrogens with one attached hydrogen (secondary N) is 3. The quantitative estimate of drug-likeness (QED) is 0.302. The third-order valence-corrected chi connectivity index (χ3v) is 10.9. The zero-order valence-electron chi connectivity index (χ0n) is 19.3. The fourth-order valence-electron chi connectivity index (χ4n) is 6.12. The maximum absolute atomic E-state index is 13.2. The number of thioether (sulfide) groups is 1. The number of fused-ring (bicyclic) bond motifs is 6. The van der Waals surface area contributed by atoms with Crippen molar-refractivity contribution in [2.24, 2.45) is 17.8 Å². The van der Waals surface area contributed by atoms with Crippen LogP contribution in [-0.4, -0.2) is 20.8 Å². The van der Waals surface area contributed by atoms with Crippen LogP contribution in [0, 0.1) is 17.8 Å². The van der Waals surface area contributed by atoms with Crippen molar-refractivity contribution < 1.29 is 4.79 Å². The summed E-state index contributed by atoms with van der Waals surface area (Å²) in [6, 6.07) is 17.5. The van der Waals surface area contributed by atoms with Gasteiger partial charge in [-0.3, -0.25) is 25.0 Å². The lowest BCUT2D eigenvalue weighted by atomic mass is 9.75. The number of hydrazine groups is 1. The molecular formula is C26H25ClN4O2S3. The van der Waals surface area contributed by atoms with Gasteiger partial charge in [0.2, 0.25) is 0 Å². The zero-order valence-corrected chi connectivity index (χ0v) is 22.5. The van der Waals surface area contributed by atoms with Crippen LogP contribution in [0.3, 0.4) is 0 Å². The number of hydrogen-bond donors (Lipinski definition) is 3. The van der Waals surface area contributed by atoms with Crippen LogP contribution in [0.1, 0.15) is 35.6 Å². The lowest BCUT2D eigenvalue weighted by Gasteiger charge is -2.40. The molecule has 2 heterocycles. The molecule has 5 atom stereocenters. The summed E-state index contributed by atoms with van der Waals surface area (Å²) in [5.74, 6) is 1.73. The van der Waals surface area contributed by atoms with E-state index in [9.17, 15) is 9.59 Å². The number of nitrogens with zero attached hydrogens (tertiary/aromatic N) is 1. The van der Waals surface area contributed by atoms with Gasteiger partial charge in [0.05, 0.1) is 5.03 Å². The molecule has 6 rings (SSSR count). The van der Waals surface area contributed by atoms with Crippen LogP contribution in [0.15, 0.2) is 64.4 Å². The molecule has 36 heavy (non-hydrogen) atoms. The smallest absolute Gasteiger partial charge is 0.308 e. The summed E-state index contributed by atoms with van der Waals surface area (Å²) in [6.07, 6.45) is 3.79. The van der Waals surface area contributed by atoms with Gasteiger partial charge in [0.15, 0.2) is 5.11 Å². The number of anilines is 1. The van der Waals surface area contributed by atoms with E-state index in [1.807, 2.05) is 54.2 Å². The van der Waals surface area contributed by atoms with Crippen molar-refractivity contribution in [1.82, 2.24) is 15.4 Å². The minimum absolute atomic E-state index is 0.0581. The number of hydrogen-bond acceptors (Lipinski definition) is 5. The molecule has 2 fully saturated rings. The first-order chi connectivity index (χ1) is 17.5. The van der Waals surface area contributed by atoms with Crippen molar-refractivity contribution in [3.63, 3.8) is 0 Å². The van der Waals surface area contributed by atoms with Gasteiger partial charge < -0.3 is 5.32 Å². The molecule has 2 aromatic carbocycles. The Morgan fingerprint density at radius 2 is 1.81 bits per heavy atom. The van der Waals surface area contributed by atoms with Crippen LogP contribution in [0.2, 0.25) is 5.02 Å². The normalized spacial score (nSPS) is 25.6. The van der Waals surface area contributed by atoms with E-state index >= 15 is 0 Å². The molecule has 3 aliphatic rings. The number of thiocarbonyl (C=S) groups is 1. The molecule has 1 aliphatic heterocycles. The lowest BCUT2D eigenvalue weighted by Crippen LogP contribution is -2.45. The van der Waals surface area contributed by atoms with Crippen LogP contribution < -0.4 is 21.0 Å². The minimum Gasteiger partial charge on any atom is -0.331 e. The Labute approximate surface area is 227 Å². The molecule has 10 heteroatoms. The highest BCUT2D eigenvalue weighted by Crippen LogP contribution is 2.64. The topological polar surface area (TPSA) is 75.2 Å². The molecule has 1 amide bonds. The Morgan fingerprint density at radius 3 is 2.58 bits per heavy atom. The van der Waals surface area contributed by atoms with Gasteiger partial charge >= 0.3 is 4.87 Å². The van der Waals surface area contributed by atoms with E-state index < -0.39 is 0 Å². The van der Waals surface area contributed by atoms with Gasteiger partial charge in [0.1, 0.15) is 6.54 Å². The molecule has 3 aromatic rings. The monoisotopic (exact) mass is 556 g/mol. The van der Waals surface area contributed by atoms with Crippen LogP contribution in [-0.2, 0) is 11.3 Å². The Balaban J connectivity index is 1.23. The summed E-state index contributed by atoms with van der Waals surface area (Å²) >= 11 is 14.6. The first kappa shape index (κ1) is 24.0. The fourth-order valence-corrected chi connectivity index (χ4v) is 9.57. The van der Waals surface area contributed by atoms with Crippen LogP contribution in [0.5, 0.6) is 0 Å². The van der Waals surface area contributed by atoms with E-state index in [0.29, 0.717) is 28.0 Å². The average Bonchev–Trinajstić information content (AvgIpc) is 3.57. The van der Waals surface area contributed by atoms with E-state index in [-0.39, 0.29) is 28.4 Å². The SMILES string of the molecule is O=C(Cn1c2c(sc1=O)[C@H](c1ccc(Cl)cc1)[C@@H]1[C@@H]3CC[C@@H](C3)[C@@H]1S2)NNC(=S)Nc1ccccc1. The molecule has 2 aliphatic carbocycles. The predicted octanol–water partition coefficient (Wildman–Crippen LogP) is 5.23. The second-order valence-corrected chi connectivity index (χ2v) is 12.6. The van der Waals surface area contributed by atoms with Gasteiger partial charge in [0.25, 0.3) is 5.91 Å². The number of carbonyl (C=O) groups excluding carboxylic acids is 1. The van der Waals surface area contributed by atoms with E-state index in [2.05, 4.69) is 28.3 Å². The maximum Gasteiger partial charge on any atom is 0.308 e. The number of halogens is 1. The summed E-state index contributed by atoms with van der Waals surface area (Å²) in [7, 11) is 0. The van der Waals surface area contributed by atoms with Crippen LogP contribution >= 0.6 is 46.9 Å². The molecule has 0 radical (unpaired) electrons. The van der Waals surface area contributed by atoms with Crippen molar-refractivity contribution in [3.05, 3.63) is 79.7 Å². The number of benzene rings is 2. The van der Waals surface area contributed by atoms with Gasteiger partial charge in [-0.1, -0.05) is 53.3 Å². The summed E-state index contributed by atoms with van der Waals surface area (Å²) in [5, 5.41) is 5.41. The molecular weight excluding hydrogens is 532 g/mol. The molecule has 0 saturated heterocycles. The maximum atomic E-state index is 13.2. The van der Waals surface area contributed by atoms with Crippen LogP contribution in [0.25, 0.3) is 0 Å². The highest BCUT2D eigenvalue weighted by atomic mass is 35.5. The van der Waals surface area contributed by atoms with Gasteiger partial charge in [-0.25, -0.2) is 0 Å². The Hall–Kier alpha value is -2.33.